The molecular formula is C10H22N2. The van der Waals surface area contributed by atoms with Gasteiger partial charge in [-0.3, -0.25) is 11.3 Å². The smallest absolute Gasteiger partial charge is 0.0210 e. The van der Waals surface area contributed by atoms with E-state index in [0.717, 1.165) is 17.8 Å². The Hall–Kier alpha value is -0.0800. The molecule has 4 unspecified atom stereocenters. The Morgan fingerprint density at radius 1 is 1.25 bits per heavy atom. The van der Waals surface area contributed by atoms with Crippen molar-refractivity contribution >= 4 is 0 Å². The van der Waals surface area contributed by atoms with E-state index in [1.807, 2.05) is 0 Å². The minimum atomic E-state index is 0.486. The highest BCUT2D eigenvalue weighted by atomic mass is 15.2. The highest BCUT2D eigenvalue weighted by Gasteiger charge is 2.27. The molecule has 4 atom stereocenters. The summed E-state index contributed by atoms with van der Waals surface area (Å²) in [6.45, 7) is 6.91. The zero-order chi connectivity index (χ0) is 9.14. The highest BCUT2D eigenvalue weighted by molar-refractivity contribution is 4.80. The van der Waals surface area contributed by atoms with E-state index in [4.69, 9.17) is 5.84 Å². The maximum atomic E-state index is 5.43. The van der Waals surface area contributed by atoms with Crippen molar-refractivity contribution in [1.29, 1.82) is 0 Å². The third kappa shape index (κ3) is 2.20. The van der Waals surface area contributed by atoms with Crippen LogP contribution in [0, 0.1) is 17.8 Å². The fourth-order valence-corrected chi connectivity index (χ4v) is 2.18. The van der Waals surface area contributed by atoms with E-state index in [2.05, 4.69) is 26.2 Å². The second-order valence-corrected chi connectivity index (χ2v) is 4.48. The molecule has 1 fully saturated rings. The molecule has 0 aliphatic heterocycles. The average molecular weight is 170 g/mol. The van der Waals surface area contributed by atoms with Gasteiger partial charge in [0.05, 0.1) is 0 Å². The Kier molecular flexibility index (Phi) is 3.53. The average Bonchev–Trinajstić information content (AvgIpc) is 2.08. The van der Waals surface area contributed by atoms with E-state index in [0.29, 0.717) is 6.04 Å². The third-order valence-corrected chi connectivity index (χ3v) is 3.61. The lowest BCUT2D eigenvalue weighted by molar-refractivity contribution is 0.177. The van der Waals surface area contributed by atoms with Crippen molar-refractivity contribution in [2.24, 2.45) is 23.6 Å². The van der Waals surface area contributed by atoms with Crippen LogP contribution in [0.1, 0.15) is 40.0 Å². The standard InChI is InChI=1S/C10H22N2/c1-7-4-5-10(6-8(7)2)9(3)12-11/h7-10,12H,4-6,11H2,1-3H3. The van der Waals surface area contributed by atoms with Crippen LogP contribution in [0.5, 0.6) is 0 Å². The van der Waals surface area contributed by atoms with Crippen LogP contribution < -0.4 is 11.3 Å². The van der Waals surface area contributed by atoms with Crippen LogP contribution in [-0.2, 0) is 0 Å². The molecule has 0 amide bonds. The van der Waals surface area contributed by atoms with E-state index in [1.165, 1.54) is 19.3 Å². The summed E-state index contributed by atoms with van der Waals surface area (Å²) < 4.78 is 0. The highest BCUT2D eigenvalue weighted by Crippen LogP contribution is 2.34. The Morgan fingerprint density at radius 3 is 2.42 bits per heavy atom. The molecule has 12 heavy (non-hydrogen) atoms. The Labute approximate surface area is 75.9 Å². The van der Waals surface area contributed by atoms with Gasteiger partial charge in [0, 0.05) is 6.04 Å². The molecule has 72 valence electrons. The quantitative estimate of drug-likeness (QED) is 0.491. The summed E-state index contributed by atoms with van der Waals surface area (Å²) in [4.78, 5) is 0. The van der Waals surface area contributed by atoms with E-state index in [-0.39, 0.29) is 0 Å². The minimum absolute atomic E-state index is 0.486. The normalized spacial score (nSPS) is 39.5. The molecule has 1 saturated carbocycles. The number of rotatable bonds is 2. The van der Waals surface area contributed by atoms with Crippen LogP contribution >= 0.6 is 0 Å². The number of hydrazine groups is 1. The van der Waals surface area contributed by atoms with Crippen LogP contribution in [0.4, 0.5) is 0 Å². The molecule has 0 heterocycles. The summed E-state index contributed by atoms with van der Waals surface area (Å²) in [6, 6.07) is 0.486. The van der Waals surface area contributed by atoms with E-state index in [9.17, 15) is 0 Å². The molecule has 0 saturated heterocycles. The van der Waals surface area contributed by atoms with Crippen molar-refractivity contribution in [1.82, 2.24) is 5.43 Å². The maximum Gasteiger partial charge on any atom is 0.0210 e. The molecule has 0 aromatic rings. The van der Waals surface area contributed by atoms with Gasteiger partial charge >= 0.3 is 0 Å². The number of nitrogens with two attached hydrogens (primary N) is 1. The van der Waals surface area contributed by atoms with Gasteiger partial charge in [-0.25, -0.2) is 0 Å². The van der Waals surface area contributed by atoms with Crippen LogP contribution in [0.25, 0.3) is 0 Å². The van der Waals surface area contributed by atoms with Crippen molar-refractivity contribution in [2.45, 2.75) is 46.1 Å². The van der Waals surface area contributed by atoms with Crippen LogP contribution in [0.15, 0.2) is 0 Å². The molecule has 3 N–H and O–H groups in total. The molecule has 0 aromatic heterocycles. The Balaban J connectivity index is 2.39. The lowest BCUT2D eigenvalue weighted by Gasteiger charge is -2.35. The first-order valence-electron chi connectivity index (χ1n) is 5.11. The van der Waals surface area contributed by atoms with Crippen molar-refractivity contribution in [3.63, 3.8) is 0 Å². The Bertz CT molecular complexity index is 136. The molecule has 1 aliphatic rings. The second kappa shape index (κ2) is 4.24. The molecular weight excluding hydrogens is 148 g/mol. The predicted molar refractivity (Wildman–Crippen MR) is 52.5 cm³/mol. The molecule has 2 heteroatoms. The second-order valence-electron chi connectivity index (χ2n) is 4.48. The van der Waals surface area contributed by atoms with E-state index >= 15 is 0 Å². The Morgan fingerprint density at radius 2 is 1.92 bits per heavy atom. The third-order valence-electron chi connectivity index (χ3n) is 3.61. The van der Waals surface area contributed by atoms with Crippen LogP contribution in [-0.4, -0.2) is 6.04 Å². The first-order chi connectivity index (χ1) is 5.65. The number of nitrogens with one attached hydrogen (secondary N) is 1. The first kappa shape index (κ1) is 10.0. The molecule has 0 aromatic carbocycles. The van der Waals surface area contributed by atoms with Gasteiger partial charge in [0.25, 0.3) is 0 Å². The topological polar surface area (TPSA) is 38.0 Å². The SMILES string of the molecule is CC1CCC(C(C)NN)CC1C. The summed E-state index contributed by atoms with van der Waals surface area (Å²) >= 11 is 0. The van der Waals surface area contributed by atoms with Gasteiger partial charge in [-0.05, 0) is 37.5 Å². The number of hydrogen-bond acceptors (Lipinski definition) is 2. The van der Waals surface area contributed by atoms with Crippen molar-refractivity contribution in [3.8, 4) is 0 Å². The van der Waals surface area contributed by atoms with Crippen molar-refractivity contribution in [3.05, 3.63) is 0 Å². The van der Waals surface area contributed by atoms with Gasteiger partial charge in [0.1, 0.15) is 0 Å². The van der Waals surface area contributed by atoms with E-state index in [1.54, 1.807) is 0 Å². The van der Waals surface area contributed by atoms with Crippen LogP contribution in [0.2, 0.25) is 0 Å². The predicted octanol–water partition coefficient (Wildman–Crippen LogP) is 1.91. The van der Waals surface area contributed by atoms with Gasteiger partial charge in [0.2, 0.25) is 0 Å². The van der Waals surface area contributed by atoms with E-state index < -0.39 is 0 Å². The molecule has 0 spiro atoms. The summed E-state index contributed by atoms with van der Waals surface area (Å²) in [5.74, 6) is 8.01. The largest absolute Gasteiger partial charge is 0.271 e. The zero-order valence-electron chi connectivity index (χ0n) is 8.51. The zero-order valence-corrected chi connectivity index (χ0v) is 8.51. The molecule has 1 rings (SSSR count). The molecule has 2 nitrogen and oxygen atoms in total. The van der Waals surface area contributed by atoms with Gasteiger partial charge in [-0.1, -0.05) is 20.3 Å². The molecule has 1 aliphatic carbocycles. The molecule has 0 bridgehead atoms. The summed E-state index contributed by atoms with van der Waals surface area (Å²) in [5.41, 5.74) is 2.87. The fourth-order valence-electron chi connectivity index (χ4n) is 2.18. The minimum Gasteiger partial charge on any atom is -0.271 e. The fraction of sp³-hybridized carbons (Fsp3) is 1.00. The van der Waals surface area contributed by atoms with Crippen molar-refractivity contribution in [2.75, 3.05) is 0 Å². The number of hydrogen-bond donors (Lipinski definition) is 2. The van der Waals surface area contributed by atoms with Gasteiger partial charge in [-0.15, -0.1) is 0 Å². The monoisotopic (exact) mass is 170 g/mol. The van der Waals surface area contributed by atoms with Gasteiger partial charge in [-0.2, -0.15) is 0 Å². The van der Waals surface area contributed by atoms with Crippen LogP contribution in [0.3, 0.4) is 0 Å². The van der Waals surface area contributed by atoms with Gasteiger partial charge < -0.3 is 0 Å². The maximum absolute atomic E-state index is 5.43. The lowest BCUT2D eigenvalue weighted by Crippen LogP contribution is -2.41. The van der Waals surface area contributed by atoms with Gasteiger partial charge in [0.15, 0.2) is 0 Å². The summed E-state index contributed by atoms with van der Waals surface area (Å²) in [6.07, 6.45) is 4.06. The molecule has 0 radical (unpaired) electrons. The van der Waals surface area contributed by atoms with Crippen molar-refractivity contribution < 1.29 is 0 Å². The summed E-state index contributed by atoms with van der Waals surface area (Å²) in [5, 5.41) is 0. The first-order valence-corrected chi connectivity index (χ1v) is 5.11. The lowest BCUT2D eigenvalue weighted by atomic mass is 9.74. The summed E-state index contributed by atoms with van der Waals surface area (Å²) in [7, 11) is 0.